The van der Waals surface area contributed by atoms with Gasteiger partial charge in [-0.25, -0.2) is 9.37 Å². The van der Waals surface area contributed by atoms with Crippen LogP contribution in [0.15, 0.2) is 84.9 Å². The molecule has 0 aliphatic carbocycles. The Morgan fingerprint density at radius 2 is 1.34 bits per heavy atom. The van der Waals surface area contributed by atoms with Gasteiger partial charge in [0.1, 0.15) is 23.1 Å². The van der Waals surface area contributed by atoms with Crippen LogP contribution in [0.5, 0.6) is 11.5 Å². The predicted octanol–water partition coefficient (Wildman–Crippen LogP) is 6.20. The average Bonchev–Trinajstić information content (AvgIpc) is 2.72. The lowest BCUT2D eigenvalue weighted by Crippen LogP contribution is -2.02. The first-order valence-corrected chi connectivity index (χ1v) is 9.12. The fraction of sp³-hybridized carbons (Fsp3) is 0.0435. The highest BCUT2D eigenvalue weighted by atomic mass is 19.1. The van der Waals surface area contributed by atoms with E-state index in [1.165, 1.54) is 12.1 Å². The standard InChI is InChI=1S/C23H19FN4O/c1-16-15-22(28-23(25-16)27-19-9-7-17(24)8-10-19)26-18-11-13-21(14-12-18)29-20-5-3-2-4-6-20/h2-15H,1H3,(H2,25,26,27,28). The predicted molar refractivity (Wildman–Crippen MR) is 113 cm³/mol. The van der Waals surface area contributed by atoms with Gasteiger partial charge in [-0.2, -0.15) is 4.98 Å². The number of halogens is 1. The van der Waals surface area contributed by atoms with E-state index in [0.29, 0.717) is 17.5 Å². The highest BCUT2D eigenvalue weighted by molar-refractivity contribution is 5.60. The molecule has 0 unspecified atom stereocenters. The van der Waals surface area contributed by atoms with Gasteiger partial charge < -0.3 is 15.4 Å². The molecule has 0 radical (unpaired) electrons. The molecule has 4 aromatic rings. The second-order valence-corrected chi connectivity index (χ2v) is 6.41. The zero-order valence-corrected chi connectivity index (χ0v) is 15.8. The Morgan fingerprint density at radius 1 is 0.724 bits per heavy atom. The van der Waals surface area contributed by atoms with E-state index in [1.54, 1.807) is 12.1 Å². The van der Waals surface area contributed by atoms with Crippen LogP contribution in [0.25, 0.3) is 0 Å². The van der Waals surface area contributed by atoms with Crippen molar-refractivity contribution in [1.29, 1.82) is 0 Å². The van der Waals surface area contributed by atoms with E-state index in [9.17, 15) is 4.39 Å². The lowest BCUT2D eigenvalue weighted by Gasteiger charge is -2.11. The smallest absolute Gasteiger partial charge is 0.229 e. The number of aromatic nitrogens is 2. The van der Waals surface area contributed by atoms with Gasteiger partial charge in [0.15, 0.2) is 0 Å². The van der Waals surface area contributed by atoms with E-state index >= 15 is 0 Å². The first kappa shape index (κ1) is 18.4. The SMILES string of the molecule is Cc1cc(Nc2ccc(Oc3ccccc3)cc2)nc(Nc2ccc(F)cc2)n1. The van der Waals surface area contributed by atoms with E-state index in [2.05, 4.69) is 20.6 Å². The van der Waals surface area contributed by atoms with E-state index in [-0.39, 0.29) is 5.82 Å². The van der Waals surface area contributed by atoms with Crippen LogP contribution in [0, 0.1) is 12.7 Å². The molecule has 1 aromatic heterocycles. The lowest BCUT2D eigenvalue weighted by atomic mass is 10.3. The summed E-state index contributed by atoms with van der Waals surface area (Å²) in [6.45, 7) is 1.89. The maximum absolute atomic E-state index is 13.1. The fourth-order valence-electron chi connectivity index (χ4n) is 2.73. The maximum atomic E-state index is 13.1. The molecule has 0 atom stereocenters. The second-order valence-electron chi connectivity index (χ2n) is 6.41. The third-order valence-corrected chi connectivity index (χ3v) is 4.06. The van der Waals surface area contributed by atoms with Crippen molar-refractivity contribution in [2.45, 2.75) is 6.92 Å². The Kier molecular flexibility index (Phi) is 5.33. The first-order chi connectivity index (χ1) is 14.1. The quantitative estimate of drug-likeness (QED) is 0.413. The molecule has 4 rings (SSSR count). The fourth-order valence-corrected chi connectivity index (χ4v) is 2.73. The van der Waals surface area contributed by atoms with Crippen molar-refractivity contribution in [1.82, 2.24) is 9.97 Å². The molecule has 0 spiro atoms. The van der Waals surface area contributed by atoms with Crippen LogP contribution in [-0.4, -0.2) is 9.97 Å². The van der Waals surface area contributed by atoms with E-state index in [0.717, 1.165) is 22.9 Å². The zero-order chi connectivity index (χ0) is 20.1. The number of aryl methyl sites for hydroxylation is 1. The van der Waals surface area contributed by atoms with Crippen LogP contribution < -0.4 is 15.4 Å². The molecular formula is C23H19FN4O. The monoisotopic (exact) mass is 386 g/mol. The van der Waals surface area contributed by atoms with Gasteiger partial charge in [0.2, 0.25) is 5.95 Å². The average molecular weight is 386 g/mol. The molecule has 3 aromatic carbocycles. The van der Waals surface area contributed by atoms with Gasteiger partial charge in [-0.3, -0.25) is 0 Å². The molecule has 0 aliphatic rings. The number of benzene rings is 3. The number of rotatable bonds is 6. The van der Waals surface area contributed by atoms with Crippen LogP contribution in [0.1, 0.15) is 5.69 Å². The van der Waals surface area contributed by atoms with Crippen molar-refractivity contribution >= 4 is 23.1 Å². The number of nitrogens with one attached hydrogen (secondary N) is 2. The minimum absolute atomic E-state index is 0.289. The highest BCUT2D eigenvalue weighted by Crippen LogP contribution is 2.24. The minimum atomic E-state index is -0.289. The van der Waals surface area contributed by atoms with Gasteiger partial charge in [-0.05, 0) is 67.6 Å². The van der Waals surface area contributed by atoms with Crippen LogP contribution in [0.3, 0.4) is 0 Å². The Morgan fingerprint density at radius 3 is 2.07 bits per heavy atom. The molecular weight excluding hydrogens is 367 g/mol. The third kappa shape index (κ3) is 5.07. The van der Waals surface area contributed by atoms with Crippen molar-refractivity contribution < 1.29 is 9.13 Å². The molecule has 0 bridgehead atoms. The largest absolute Gasteiger partial charge is 0.457 e. The van der Waals surface area contributed by atoms with Crippen LogP contribution in [-0.2, 0) is 0 Å². The van der Waals surface area contributed by atoms with E-state index < -0.39 is 0 Å². The number of para-hydroxylation sites is 1. The second kappa shape index (κ2) is 8.39. The first-order valence-electron chi connectivity index (χ1n) is 9.12. The summed E-state index contributed by atoms with van der Waals surface area (Å²) in [7, 11) is 0. The van der Waals surface area contributed by atoms with Gasteiger partial charge in [-0.15, -0.1) is 0 Å². The summed E-state index contributed by atoms with van der Waals surface area (Å²) < 4.78 is 18.9. The Balaban J connectivity index is 1.46. The summed E-state index contributed by atoms with van der Waals surface area (Å²) in [5, 5.41) is 6.35. The van der Waals surface area contributed by atoms with Crippen molar-refractivity contribution in [3.8, 4) is 11.5 Å². The summed E-state index contributed by atoms with van der Waals surface area (Å²) in [5.74, 6) is 2.33. The van der Waals surface area contributed by atoms with Crippen molar-refractivity contribution in [3.63, 3.8) is 0 Å². The molecule has 1 heterocycles. The van der Waals surface area contributed by atoms with Gasteiger partial charge in [0.25, 0.3) is 0 Å². The summed E-state index contributed by atoms with van der Waals surface area (Å²) in [6, 6.07) is 25.1. The normalized spacial score (nSPS) is 10.4. The maximum Gasteiger partial charge on any atom is 0.229 e. The molecule has 144 valence electrons. The summed E-state index contributed by atoms with van der Waals surface area (Å²) >= 11 is 0. The highest BCUT2D eigenvalue weighted by Gasteiger charge is 2.05. The van der Waals surface area contributed by atoms with E-state index in [4.69, 9.17) is 4.74 Å². The Bertz CT molecular complexity index is 1080. The molecule has 2 N–H and O–H groups in total. The molecule has 0 aliphatic heterocycles. The molecule has 0 fully saturated rings. The molecule has 0 saturated carbocycles. The van der Waals surface area contributed by atoms with Crippen molar-refractivity contribution in [2.75, 3.05) is 10.6 Å². The zero-order valence-electron chi connectivity index (χ0n) is 15.8. The van der Waals surface area contributed by atoms with Gasteiger partial charge in [0.05, 0.1) is 0 Å². The van der Waals surface area contributed by atoms with Gasteiger partial charge in [-0.1, -0.05) is 18.2 Å². The number of hydrogen-bond donors (Lipinski definition) is 2. The molecule has 0 amide bonds. The Labute approximate surface area is 168 Å². The third-order valence-electron chi connectivity index (χ3n) is 4.06. The van der Waals surface area contributed by atoms with Crippen LogP contribution in [0.2, 0.25) is 0 Å². The molecule has 0 saturated heterocycles. The van der Waals surface area contributed by atoms with Crippen LogP contribution >= 0.6 is 0 Å². The number of hydrogen-bond acceptors (Lipinski definition) is 5. The van der Waals surface area contributed by atoms with Gasteiger partial charge in [0, 0.05) is 23.1 Å². The number of anilines is 4. The summed E-state index contributed by atoms with van der Waals surface area (Å²) in [5.41, 5.74) is 2.39. The topological polar surface area (TPSA) is 59.1 Å². The molecule has 5 nitrogen and oxygen atoms in total. The molecule has 6 heteroatoms. The van der Waals surface area contributed by atoms with Crippen molar-refractivity contribution in [2.24, 2.45) is 0 Å². The Hall–Kier alpha value is -3.93. The summed E-state index contributed by atoms with van der Waals surface area (Å²) in [6.07, 6.45) is 0. The van der Waals surface area contributed by atoms with Crippen molar-refractivity contribution in [3.05, 3.63) is 96.4 Å². The van der Waals surface area contributed by atoms with Crippen LogP contribution in [0.4, 0.5) is 27.5 Å². The molecule has 29 heavy (non-hydrogen) atoms. The summed E-state index contributed by atoms with van der Waals surface area (Å²) in [4.78, 5) is 8.86. The lowest BCUT2D eigenvalue weighted by molar-refractivity contribution is 0.483. The van der Waals surface area contributed by atoms with Gasteiger partial charge >= 0.3 is 0 Å². The van der Waals surface area contributed by atoms with E-state index in [1.807, 2.05) is 67.6 Å². The number of ether oxygens (including phenoxy) is 1. The minimum Gasteiger partial charge on any atom is -0.457 e. The number of nitrogens with zero attached hydrogens (tertiary/aromatic N) is 2.